The summed E-state index contributed by atoms with van der Waals surface area (Å²) in [5.74, 6) is -0.321. The van der Waals surface area contributed by atoms with Gasteiger partial charge in [0.2, 0.25) is 0 Å². The zero-order chi connectivity index (χ0) is 17.0. The molecule has 0 aliphatic rings. The van der Waals surface area contributed by atoms with Crippen molar-refractivity contribution in [3.05, 3.63) is 65.5 Å². The fourth-order valence-corrected chi connectivity index (χ4v) is 2.56. The van der Waals surface area contributed by atoms with Crippen molar-refractivity contribution in [1.29, 1.82) is 0 Å². The highest BCUT2D eigenvalue weighted by molar-refractivity contribution is 7.80. The summed E-state index contributed by atoms with van der Waals surface area (Å²) in [5, 5.41) is 6.48. The molecule has 0 bridgehead atoms. The second kappa shape index (κ2) is 7.09. The molecule has 0 aliphatic carbocycles. The molecule has 0 aromatic heterocycles. The summed E-state index contributed by atoms with van der Waals surface area (Å²) in [5.41, 5.74) is 2.94. The molecule has 122 valence electrons. The van der Waals surface area contributed by atoms with Gasteiger partial charge in [0.25, 0.3) is 0 Å². The summed E-state index contributed by atoms with van der Waals surface area (Å²) in [7, 11) is 0. The first-order valence-electron chi connectivity index (χ1n) is 7.70. The van der Waals surface area contributed by atoms with Crippen molar-refractivity contribution in [1.82, 2.24) is 5.32 Å². The molecule has 1 atom stereocenters. The van der Waals surface area contributed by atoms with Gasteiger partial charge in [0.05, 0.1) is 11.7 Å². The van der Waals surface area contributed by atoms with Crippen LogP contribution in [0.1, 0.15) is 44.9 Å². The highest BCUT2D eigenvalue weighted by Crippen LogP contribution is 2.24. The summed E-state index contributed by atoms with van der Waals surface area (Å²) in [6.07, 6.45) is 0. The second-order valence-electron chi connectivity index (χ2n) is 6.67. The normalized spacial score (nSPS) is 12.6. The Balaban J connectivity index is 2.00. The van der Waals surface area contributed by atoms with Gasteiger partial charge in [-0.3, -0.25) is 0 Å². The number of nitrogens with one attached hydrogen (secondary N) is 2. The van der Waals surface area contributed by atoms with Crippen LogP contribution in [0.15, 0.2) is 48.5 Å². The Morgan fingerprint density at radius 2 is 1.65 bits per heavy atom. The third-order valence-electron chi connectivity index (χ3n) is 3.75. The predicted molar refractivity (Wildman–Crippen MR) is 99.3 cm³/mol. The number of para-hydroxylation sites is 1. The average molecular weight is 330 g/mol. The van der Waals surface area contributed by atoms with Gasteiger partial charge in [0.1, 0.15) is 5.82 Å². The number of hydrogen-bond donors (Lipinski definition) is 2. The van der Waals surface area contributed by atoms with Gasteiger partial charge in [-0.05, 0) is 47.8 Å². The molecule has 2 aromatic rings. The first kappa shape index (κ1) is 17.4. The van der Waals surface area contributed by atoms with E-state index in [-0.39, 0.29) is 17.3 Å². The molecule has 0 spiro atoms. The van der Waals surface area contributed by atoms with Crippen LogP contribution in [0.4, 0.5) is 10.1 Å². The van der Waals surface area contributed by atoms with E-state index in [1.807, 2.05) is 6.92 Å². The monoisotopic (exact) mass is 330 g/mol. The summed E-state index contributed by atoms with van der Waals surface area (Å²) < 4.78 is 13.6. The van der Waals surface area contributed by atoms with Gasteiger partial charge < -0.3 is 10.6 Å². The Kier molecular flexibility index (Phi) is 5.37. The lowest BCUT2D eigenvalue weighted by Gasteiger charge is -2.21. The van der Waals surface area contributed by atoms with Crippen LogP contribution in [-0.2, 0) is 5.41 Å². The number of rotatable bonds is 3. The van der Waals surface area contributed by atoms with E-state index in [9.17, 15) is 4.39 Å². The fraction of sp³-hybridized carbons (Fsp3) is 0.316. The summed E-state index contributed by atoms with van der Waals surface area (Å²) in [6.45, 7) is 8.60. The first-order valence-corrected chi connectivity index (χ1v) is 8.10. The Labute approximate surface area is 143 Å². The largest absolute Gasteiger partial charge is 0.356 e. The van der Waals surface area contributed by atoms with Crippen molar-refractivity contribution in [3.8, 4) is 0 Å². The van der Waals surface area contributed by atoms with Gasteiger partial charge in [-0.1, -0.05) is 57.2 Å². The van der Waals surface area contributed by atoms with Gasteiger partial charge in [-0.25, -0.2) is 4.39 Å². The van der Waals surface area contributed by atoms with E-state index in [0.29, 0.717) is 10.8 Å². The Morgan fingerprint density at radius 1 is 1.04 bits per heavy atom. The van der Waals surface area contributed by atoms with Crippen LogP contribution in [0.25, 0.3) is 0 Å². The quantitative estimate of drug-likeness (QED) is 0.759. The molecule has 0 saturated carbocycles. The number of thiocarbonyl (C=S) groups is 1. The van der Waals surface area contributed by atoms with Crippen molar-refractivity contribution < 1.29 is 4.39 Å². The SMILES string of the molecule is C[C@H](NC(=S)Nc1ccccc1F)c1ccc(C(C)(C)C)cc1. The van der Waals surface area contributed by atoms with Crippen molar-refractivity contribution in [2.24, 2.45) is 0 Å². The van der Waals surface area contributed by atoms with E-state index in [0.717, 1.165) is 5.56 Å². The molecule has 0 fully saturated rings. The van der Waals surface area contributed by atoms with Gasteiger partial charge >= 0.3 is 0 Å². The Bertz CT molecular complexity index is 675. The minimum atomic E-state index is -0.321. The number of benzene rings is 2. The number of halogens is 1. The third kappa shape index (κ3) is 4.76. The van der Waals surface area contributed by atoms with E-state index < -0.39 is 0 Å². The maximum atomic E-state index is 13.6. The molecule has 0 saturated heterocycles. The molecule has 2 rings (SSSR count). The second-order valence-corrected chi connectivity index (χ2v) is 7.08. The molecule has 2 N–H and O–H groups in total. The maximum absolute atomic E-state index is 13.6. The van der Waals surface area contributed by atoms with Crippen LogP contribution in [0.5, 0.6) is 0 Å². The van der Waals surface area contributed by atoms with E-state index in [1.165, 1.54) is 11.6 Å². The number of hydrogen-bond acceptors (Lipinski definition) is 1. The zero-order valence-electron chi connectivity index (χ0n) is 14.0. The van der Waals surface area contributed by atoms with Gasteiger partial charge in [0, 0.05) is 0 Å². The summed E-state index contributed by atoms with van der Waals surface area (Å²) in [6, 6.07) is 15.0. The van der Waals surface area contributed by atoms with E-state index in [4.69, 9.17) is 12.2 Å². The average Bonchev–Trinajstić information content (AvgIpc) is 2.49. The smallest absolute Gasteiger partial charge is 0.171 e. The van der Waals surface area contributed by atoms with Gasteiger partial charge in [0.15, 0.2) is 5.11 Å². The minimum Gasteiger partial charge on any atom is -0.356 e. The molecule has 4 heteroatoms. The van der Waals surface area contributed by atoms with Crippen molar-refractivity contribution in [2.75, 3.05) is 5.32 Å². The van der Waals surface area contributed by atoms with E-state index >= 15 is 0 Å². The molecule has 0 unspecified atom stereocenters. The van der Waals surface area contributed by atoms with E-state index in [2.05, 4.69) is 55.7 Å². The molecule has 0 amide bonds. The molecule has 0 radical (unpaired) electrons. The Hall–Kier alpha value is -1.94. The predicted octanol–water partition coefficient (Wildman–Crippen LogP) is 5.17. The zero-order valence-corrected chi connectivity index (χ0v) is 14.8. The van der Waals surface area contributed by atoms with Crippen LogP contribution in [0, 0.1) is 5.82 Å². The molecule has 2 nitrogen and oxygen atoms in total. The van der Waals surface area contributed by atoms with Gasteiger partial charge in [-0.15, -0.1) is 0 Å². The molecule has 0 heterocycles. The van der Waals surface area contributed by atoms with Gasteiger partial charge in [-0.2, -0.15) is 0 Å². The van der Waals surface area contributed by atoms with Crippen LogP contribution in [0.3, 0.4) is 0 Å². The fourth-order valence-electron chi connectivity index (χ4n) is 2.27. The highest BCUT2D eigenvalue weighted by atomic mass is 32.1. The lowest BCUT2D eigenvalue weighted by atomic mass is 9.86. The van der Waals surface area contributed by atoms with Crippen molar-refractivity contribution >= 4 is 23.0 Å². The summed E-state index contributed by atoms with van der Waals surface area (Å²) >= 11 is 5.27. The summed E-state index contributed by atoms with van der Waals surface area (Å²) in [4.78, 5) is 0. The molecular weight excluding hydrogens is 307 g/mol. The lowest BCUT2D eigenvalue weighted by Crippen LogP contribution is -2.31. The van der Waals surface area contributed by atoms with Crippen LogP contribution in [0.2, 0.25) is 0 Å². The molecule has 0 aliphatic heterocycles. The third-order valence-corrected chi connectivity index (χ3v) is 3.97. The van der Waals surface area contributed by atoms with Crippen molar-refractivity contribution in [3.63, 3.8) is 0 Å². The molecule has 23 heavy (non-hydrogen) atoms. The molecule has 2 aromatic carbocycles. The van der Waals surface area contributed by atoms with Crippen LogP contribution >= 0.6 is 12.2 Å². The topological polar surface area (TPSA) is 24.1 Å². The van der Waals surface area contributed by atoms with E-state index in [1.54, 1.807) is 18.2 Å². The highest BCUT2D eigenvalue weighted by Gasteiger charge is 2.14. The van der Waals surface area contributed by atoms with Crippen LogP contribution in [-0.4, -0.2) is 5.11 Å². The van der Waals surface area contributed by atoms with Crippen molar-refractivity contribution in [2.45, 2.75) is 39.2 Å². The van der Waals surface area contributed by atoms with Crippen LogP contribution < -0.4 is 10.6 Å². The molecular formula is C19H23FN2S. The standard InChI is InChI=1S/C19H23FN2S/c1-13(14-9-11-15(12-10-14)19(2,3)4)21-18(23)22-17-8-6-5-7-16(17)20/h5-13H,1-4H3,(H2,21,22,23)/t13-/m0/s1. The minimum absolute atomic E-state index is 0.0378. The number of anilines is 1. The maximum Gasteiger partial charge on any atom is 0.171 e. The lowest BCUT2D eigenvalue weighted by molar-refractivity contribution is 0.589. The Morgan fingerprint density at radius 3 is 2.22 bits per heavy atom. The first-order chi connectivity index (χ1) is 10.8.